The minimum absolute atomic E-state index is 0.0964. The van der Waals surface area contributed by atoms with Gasteiger partial charge in [-0.05, 0) is 85.5 Å². The van der Waals surface area contributed by atoms with Crippen molar-refractivity contribution in [1.29, 1.82) is 0 Å². The summed E-state index contributed by atoms with van der Waals surface area (Å²) in [7, 11) is -7.26. The SMILES string of the molecule is C[C@H]1OC(O[Si](C)(C)C)[C@@H](O[Si](C)(C)C)[C@@H](O[Si](C)(C)C)[C@@H]1O[Si](C)(C)C. The highest BCUT2D eigenvalue weighted by Crippen LogP contribution is 2.34. The predicted molar refractivity (Wildman–Crippen MR) is 123 cm³/mol. The summed E-state index contributed by atoms with van der Waals surface area (Å²) in [6.07, 6.45) is -1.05. The molecular weight excluding hydrogens is 409 g/mol. The Bertz CT molecular complexity index is 476. The fourth-order valence-electron chi connectivity index (χ4n) is 3.06. The van der Waals surface area contributed by atoms with E-state index in [1.165, 1.54) is 0 Å². The fourth-order valence-corrected chi connectivity index (χ4v) is 7.24. The maximum Gasteiger partial charge on any atom is 0.187 e. The number of hydrogen-bond donors (Lipinski definition) is 0. The third kappa shape index (κ3) is 9.81. The quantitative estimate of drug-likeness (QED) is 0.471. The van der Waals surface area contributed by atoms with Crippen LogP contribution >= 0.6 is 0 Å². The molecule has 0 aromatic rings. The van der Waals surface area contributed by atoms with Crippen molar-refractivity contribution in [3.8, 4) is 0 Å². The summed E-state index contributed by atoms with van der Waals surface area (Å²) in [6.45, 7) is 28.6. The van der Waals surface area contributed by atoms with E-state index in [1.54, 1.807) is 0 Å². The number of rotatable bonds is 8. The molecule has 0 amide bonds. The molecule has 0 saturated carbocycles. The molecule has 0 aliphatic carbocycles. The van der Waals surface area contributed by atoms with E-state index in [0.29, 0.717) is 0 Å². The second-order valence-electron chi connectivity index (χ2n) is 11.5. The zero-order chi connectivity index (χ0) is 21.4. The average molecular weight is 453 g/mol. The standard InChI is InChI=1S/C18H44O5Si4/c1-14-15(20-24(2,3)4)16(21-25(5,6)7)17(22-26(8,9)10)18(19-14)23-27(11,12)13/h14-18H,1-13H3/t14-,15-,16+,17+,18?/m1/s1. The molecule has 1 aliphatic heterocycles. The summed E-state index contributed by atoms with van der Waals surface area (Å²) in [4.78, 5) is 0. The lowest BCUT2D eigenvalue weighted by atomic mass is 10.0. The van der Waals surface area contributed by atoms with Crippen molar-refractivity contribution in [1.82, 2.24) is 0 Å². The summed E-state index contributed by atoms with van der Waals surface area (Å²) < 4.78 is 32.7. The van der Waals surface area contributed by atoms with Crippen LogP contribution in [0.5, 0.6) is 0 Å². The van der Waals surface area contributed by atoms with E-state index in [-0.39, 0.29) is 24.4 Å². The van der Waals surface area contributed by atoms with Gasteiger partial charge in [0.2, 0.25) is 0 Å². The summed E-state index contributed by atoms with van der Waals surface area (Å²) in [5.74, 6) is 0. The third-order valence-corrected chi connectivity index (χ3v) is 7.54. The van der Waals surface area contributed by atoms with Gasteiger partial charge in [-0.25, -0.2) is 0 Å². The highest BCUT2D eigenvalue weighted by molar-refractivity contribution is 6.71. The Morgan fingerprint density at radius 1 is 0.481 bits per heavy atom. The summed E-state index contributed by atoms with van der Waals surface area (Å²) in [5, 5.41) is 0. The van der Waals surface area contributed by atoms with Crippen molar-refractivity contribution in [3.63, 3.8) is 0 Å². The second-order valence-corrected chi connectivity index (χ2v) is 29.4. The normalized spacial score (nSPS) is 31.2. The van der Waals surface area contributed by atoms with Gasteiger partial charge in [0.1, 0.15) is 12.2 Å². The van der Waals surface area contributed by atoms with Gasteiger partial charge in [-0.15, -0.1) is 0 Å². The Hall–Kier alpha value is 0.668. The summed E-state index contributed by atoms with van der Waals surface area (Å²) in [6, 6.07) is 0. The van der Waals surface area contributed by atoms with Crippen molar-refractivity contribution in [2.75, 3.05) is 0 Å². The highest BCUT2D eigenvalue weighted by atomic mass is 28.4. The van der Waals surface area contributed by atoms with Crippen LogP contribution in [0.25, 0.3) is 0 Å². The van der Waals surface area contributed by atoms with Crippen LogP contribution < -0.4 is 0 Å². The molecule has 5 nitrogen and oxygen atoms in total. The fraction of sp³-hybridized carbons (Fsp3) is 1.00. The van der Waals surface area contributed by atoms with Crippen LogP contribution in [0.1, 0.15) is 6.92 Å². The maximum absolute atomic E-state index is 6.70. The first-order valence-electron chi connectivity index (χ1n) is 10.1. The van der Waals surface area contributed by atoms with E-state index in [0.717, 1.165) is 0 Å². The molecular formula is C18H44O5Si4. The van der Waals surface area contributed by atoms with E-state index in [2.05, 4.69) is 85.5 Å². The molecule has 1 unspecified atom stereocenters. The van der Waals surface area contributed by atoms with E-state index in [9.17, 15) is 0 Å². The van der Waals surface area contributed by atoms with Crippen LogP contribution in [0, 0.1) is 0 Å². The number of hydrogen-bond acceptors (Lipinski definition) is 5. The van der Waals surface area contributed by atoms with Gasteiger partial charge >= 0.3 is 0 Å². The molecule has 1 saturated heterocycles. The van der Waals surface area contributed by atoms with Gasteiger partial charge in [0.15, 0.2) is 39.6 Å². The van der Waals surface area contributed by atoms with Gasteiger partial charge in [-0.1, -0.05) is 0 Å². The largest absolute Gasteiger partial charge is 0.409 e. The molecule has 0 radical (unpaired) electrons. The van der Waals surface area contributed by atoms with Crippen molar-refractivity contribution >= 4 is 33.3 Å². The Morgan fingerprint density at radius 3 is 1.19 bits per heavy atom. The highest BCUT2D eigenvalue weighted by Gasteiger charge is 2.51. The molecule has 1 heterocycles. The van der Waals surface area contributed by atoms with Crippen LogP contribution in [-0.2, 0) is 22.4 Å². The first-order chi connectivity index (χ1) is 11.8. The predicted octanol–water partition coefficient (Wildman–Crippen LogP) is 5.24. The Balaban J connectivity index is 3.32. The molecule has 162 valence electrons. The van der Waals surface area contributed by atoms with Crippen molar-refractivity contribution in [2.24, 2.45) is 0 Å². The molecule has 0 aromatic carbocycles. The van der Waals surface area contributed by atoms with Crippen molar-refractivity contribution < 1.29 is 22.4 Å². The summed E-state index contributed by atoms with van der Waals surface area (Å²) >= 11 is 0. The van der Waals surface area contributed by atoms with Crippen LogP contribution in [0.4, 0.5) is 0 Å². The van der Waals surface area contributed by atoms with Gasteiger partial charge in [-0.2, -0.15) is 0 Å². The van der Waals surface area contributed by atoms with Gasteiger partial charge in [0.25, 0.3) is 0 Å². The van der Waals surface area contributed by atoms with Gasteiger partial charge in [0.05, 0.1) is 12.2 Å². The van der Waals surface area contributed by atoms with E-state index < -0.39 is 39.6 Å². The van der Waals surface area contributed by atoms with Crippen molar-refractivity contribution in [2.45, 2.75) is 116 Å². The first-order valence-corrected chi connectivity index (χ1v) is 23.8. The molecule has 0 N–H and O–H groups in total. The zero-order valence-corrected chi connectivity index (χ0v) is 23.9. The van der Waals surface area contributed by atoms with Crippen LogP contribution in [-0.4, -0.2) is 64.0 Å². The van der Waals surface area contributed by atoms with Crippen LogP contribution in [0.2, 0.25) is 78.6 Å². The maximum atomic E-state index is 6.70. The van der Waals surface area contributed by atoms with E-state index >= 15 is 0 Å². The topological polar surface area (TPSA) is 46.2 Å². The minimum atomic E-state index is -1.84. The molecule has 1 rings (SSSR count). The Kier molecular flexibility index (Phi) is 8.38. The Labute approximate surface area is 172 Å². The molecule has 1 fully saturated rings. The lowest BCUT2D eigenvalue weighted by molar-refractivity contribution is -0.259. The average Bonchev–Trinajstić information content (AvgIpc) is 2.32. The van der Waals surface area contributed by atoms with Gasteiger partial charge < -0.3 is 22.4 Å². The molecule has 5 atom stereocenters. The van der Waals surface area contributed by atoms with Crippen LogP contribution in [0.3, 0.4) is 0 Å². The molecule has 1 aliphatic rings. The molecule has 27 heavy (non-hydrogen) atoms. The lowest BCUT2D eigenvalue weighted by Gasteiger charge is -2.51. The minimum Gasteiger partial charge on any atom is -0.409 e. The first kappa shape index (κ1) is 25.7. The molecule has 9 heteroatoms. The lowest BCUT2D eigenvalue weighted by Crippen LogP contribution is -2.65. The summed E-state index contributed by atoms with van der Waals surface area (Å²) in [5.41, 5.74) is 0. The smallest absolute Gasteiger partial charge is 0.187 e. The van der Waals surface area contributed by atoms with Crippen LogP contribution in [0.15, 0.2) is 0 Å². The zero-order valence-electron chi connectivity index (χ0n) is 19.9. The van der Waals surface area contributed by atoms with Gasteiger partial charge in [0, 0.05) is 0 Å². The monoisotopic (exact) mass is 452 g/mol. The Morgan fingerprint density at radius 2 is 0.815 bits per heavy atom. The molecule has 0 spiro atoms. The third-order valence-electron chi connectivity index (χ3n) is 3.67. The van der Waals surface area contributed by atoms with E-state index in [4.69, 9.17) is 22.4 Å². The van der Waals surface area contributed by atoms with Crippen molar-refractivity contribution in [3.05, 3.63) is 0 Å². The number of ether oxygens (including phenoxy) is 1. The van der Waals surface area contributed by atoms with E-state index in [1.807, 2.05) is 0 Å². The molecule has 0 bridgehead atoms. The van der Waals surface area contributed by atoms with Gasteiger partial charge in [-0.3, -0.25) is 0 Å². The molecule has 0 aromatic heterocycles. The second kappa shape index (κ2) is 8.81.